The lowest BCUT2D eigenvalue weighted by molar-refractivity contribution is 0.414. The number of methoxy groups -OCH3 is 1. The van der Waals surface area contributed by atoms with Gasteiger partial charge in [0.1, 0.15) is 5.75 Å². The summed E-state index contributed by atoms with van der Waals surface area (Å²) in [6, 6.07) is 5.75. The number of allylic oxidation sites excluding steroid dienone is 1. The third-order valence-corrected chi connectivity index (χ3v) is 3.50. The highest BCUT2D eigenvalue weighted by molar-refractivity contribution is 5.62. The van der Waals surface area contributed by atoms with Crippen molar-refractivity contribution in [3.05, 3.63) is 29.8 Å². The summed E-state index contributed by atoms with van der Waals surface area (Å²) in [5.41, 5.74) is 7.64. The van der Waals surface area contributed by atoms with E-state index in [9.17, 15) is 0 Å². The van der Waals surface area contributed by atoms with E-state index in [1.54, 1.807) is 7.11 Å². The van der Waals surface area contributed by atoms with Crippen LogP contribution in [-0.2, 0) is 0 Å². The number of ether oxygens (including phenoxy) is 1. The zero-order valence-corrected chi connectivity index (χ0v) is 10.5. The molecule has 0 heterocycles. The number of anilines is 1. The first-order chi connectivity index (χ1) is 8.29. The predicted molar refractivity (Wildman–Crippen MR) is 73.0 cm³/mol. The zero-order chi connectivity index (χ0) is 12.1. The van der Waals surface area contributed by atoms with Gasteiger partial charge in [-0.1, -0.05) is 37.8 Å². The number of nitrogen functional groups attached to an aromatic ring is 1. The fourth-order valence-corrected chi connectivity index (χ4v) is 2.52. The Morgan fingerprint density at radius 2 is 2.12 bits per heavy atom. The Balaban J connectivity index is 2.00. The summed E-state index contributed by atoms with van der Waals surface area (Å²) in [6.07, 6.45) is 11.1. The molecule has 0 aromatic heterocycles. The smallest absolute Gasteiger partial charge is 0.126 e. The molecule has 0 saturated heterocycles. The molecule has 0 bridgehead atoms. The van der Waals surface area contributed by atoms with Crippen LogP contribution in [0.3, 0.4) is 0 Å². The van der Waals surface area contributed by atoms with Gasteiger partial charge in [0.25, 0.3) is 0 Å². The van der Waals surface area contributed by atoms with Crippen molar-refractivity contribution in [1.82, 2.24) is 0 Å². The van der Waals surface area contributed by atoms with Gasteiger partial charge >= 0.3 is 0 Å². The Hall–Kier alpha value is -1.44. The maximum Gasteiger partial charge on any atom is 0.126 e. The van der Waals surface area contributed by atoms with Gasteiger partial charge in [0.15, 0.2) is 0 Å². The van der Waals surface area contributed by atoms with Gasteiger partial charge in [0, 0.05) is 11.3 Å². The van der Waals surface area contributed by atoms with Crippen LogP contribution in [0, 0.1) is 5.92 Å². The summed E-state index contributed by atoms with van der Waals surface area (Å²) in [5.74, 6) is 1.78. The fraction of sp³-hybridized carbons (Fsp3) is 0.467. The molecule has 1 aromatic carbocycles. The lowest BCUT2D eigenvalue weighted by Crippen LogP contribution is -1.91. The summed E-state index contributed by atoms with van der Waals surface area (Å²) in [6.45, 7) is 0. The van der Waals surface area contributed by atoms with Crippen LogP contribution in [-0.4, -0.2) is 7.11 Å². The van der Waals surface area contributed by atoms with Crippen molar-refractivity contribution in [2.45, 2.75) is 32.1 Å². The first-order valence-corrected chi connectivity index (χ1v) is 6.39. The van der Waals surface area contributed by atoms with E-state index in [0.717, 1.165) is 22.9 Å². The molecule has 0 atom stereocenters. The summed E-state index contributed by atoms with van der Waals surface area (Å²) in [7, 11) is 1.69. The molecule has 17 heavy (non-hydrogen) atoms. The highest BCUT2D eigenvalue weighted by Gasteiger charge is 2.12. The van der Waals surface area contributed by atoms with Gasteiger partial charge in [-0.2, -0.15) is 0 Å². The van der Waals surface area contributed by atoms with E-state index in [2.05, 4.69) is 12.2 Å². The Morgan fingerprint density at radius 3 is 2.82 bits per heavy atom. The molecule has 2 heteroatoms. The largest absolute Gasteiger partial charge is 0.496 e. The SMILES string of the molecule is COc1ccc(N)cc1C=CCC1CCCC1. The van der Waals surface area contributed by atoms with Crippen LogP contribution in [0.15, 0.2) is 24.3 Å². The van der Waals surface area contributed by atoms with Crippen molar-refractivity contribution < 1.29 is 4.74 Å². The molecular formula is C15H21NO. The van der Waals surface area contributed by atoms with E-state index < -0.39 is 0 Å². The van der Waals surface area contributed by atoms with E-state index >= 15 is 0 Å². The third-order valence-electron chi connectivity index (χ3n) is 3.50. The molecule has 2 nitrogen and oxygen atoms in total. The van der Waals surface area contributed by atoms with Crippen molar-refractivity contribution in [1.29, 1.82) is 0 Å². The molecule has 92 valence electrons. The van der Waals surface area contributed by atoms with E-state index in [4.69, 9.17) is 10.5 Å². The minimum absolute atomic E-state index is 0.784. The summed E-state index contributed by atoms with van der Waals surface area (Å²) in [5, 5.41) is 0. The number of nitrogens with two attached hydrogens (primary N) is 1. The molecule has 1 saturated carbocycles. The lowest BCUT2D eigenvalue weighted by atomic mass is 10.0. The summed E-state index contributed by atoms with van der Waals surface area (Å²) < 4.78 is 5.32. The highest BCUT2D eigenvalue weighted by atomic mass is 16.5. The number of hydrogen-bond acceptors (Lipinski definition) is 2. The van der Waals surface area contributed by atoms with Crippen molar-refractivity contribution in [3.8, 4) is 5.75 Å². The average Bonchev–Trinajstić information content (AvgIpc) is 2.82. The number of benzene rings is 1. The fourth-order valence-electron chi connectivity index (χ4n) is 2.52. The molecule has 1 fully saturated rings. The highest BCUT2D eigenvalue weighted by Crippen LogP contribution is 2.29. The van der Waals surface area contributed by atoms with E-state index in [-0.39, 0.29) is 0 Å². The van der Waals surface area contributed by atoms with Gasteiger partial charge in [-0.3, -0.25) is 0 Å². The van der Waals surface area contributed by atoms with Crippen molar-refractivity contribution in [3.63, 3.8) is 0 Å². The van der Waals surface area contributed by atoms with Crippen LogP contribution < -0.4 is 10.5 Å². The third kappa shape index (κ3) is 3.26. The van der Waals surface area contributed by atoms with Crippen LogP contribution in [0.1, 0.15) is 37.7 Å². The Kier molecular flexibility index (Phi) is 4.08. The number of hydrogen-bond donors (Lipinski definition) is 1. The van der Waals surface area contributed by atoms with E-state index in [1.165, 1.54) is 32.1 Å². The minimum atomic E-state index is 0.784. The van der Waals surface area contributed by atoms with Gasteiger partial charge in [0.05, 0.1) is 7.11 Å². The van der Waals surface area contributed by atoms with Crippen molar-refractivity contribution in [2.75, 3.05) is 12.8 Å². The van der Waals surface area contributed by atoms with Crippen molar-refractivity contribution >= 4 is 11.8 Å². The minimum Gasteiger partial charge on any atom is -0.496 e. The molecular weight excluding hydrogens is 210 g/mol. The Labute approximate surface area is 103 Å². The van der Waals surface area contributed by atoms with Crippen LogP contribution in [0.4, 0.5) is 5.69 Å². The molecule has 1 aliphatic carbocycles. The van der Waals surface area contributed by atoms with Gasteiger partial charge in [-0.25, -0.2) is 0 Å². The van der Waals surface area contributed by atoms with Crippen LogP contribution in [0.2, 0.25) is 0 Å². The average molecular weight is 231 g/mol. The molecule has 0 radical (unpaired) electrons. The molecule has 1 aliphatic rings. The Bertz CT molecular complexity index is 392. The van der Waals surface area contributed by atoms with Crippen LogP contribution in [0.25, 0.3) is 6.08 Å². The standard InChI is InChI=1S/C15H21NO/c1-17-15-10-9-14(16)11-13(15)8-4-7-12-5-2-3-6-12/h4,8-12H,2-3,5-7,16H2,1H3. The van der Waals surface area contributed by atoms with Gasteiger partial charge in [0.2, 0.25) is 0 Å². The molecule has 1 aromatic rings. The van der Waals surface area contributed by atoms with E-state index in [1.807, 2.05) is 18.2 Å². The van der Waals surface area contributed by atoms with Gasteiger partial charge in [-0.15, -0.1) is 0 Å². The molecule has 0 aliphatic heterocycles. The predicted octanol–water partition coefficient (Wildman–Crippen LogP) is 3.87. The van der Waals surface area contributed by atoms with Crippen molar-refractivity contribution in [2.24, 2.45) is 5.92 Å². The van der Waals surface area contributed by atoms with Gasteiger partial charge < -0.3 is 10.5 Å². The molecule has 0 unspecified atom stereocenters. The zero-order valence-electron chi connectivity index (χ0n) is 10.5. The summed E-state index contributed by atoms with van der Waals surface area (Å²) in [4.78, 5) is 0. The molecule has 0 amide bonds. The normalized spacial score (nSPS) is 16.8. The second kappa shape index (κ2) is 5.76. The van der Waals surface area contributed by atoms with E-state index in [0.29, 0.717) is 0 Å². The lowest BCUT2D eigenvalue weighted by Gasteiger charge is -2.06. The molecule has 2 N–H and O–H groups in total. The Morgan fingerprint density at radius 1 is 1.35 bits per heavy atom. The monoisotopic (exact) mass is 231 g/mol. The maximum atomic E-state index is 5.79. The second-order valence-corrected chi connectivity index (χ2v) is 4.79. The number of rotatable bonds is 4. The van der Waals surface area contributed by atoms with Gasteiger partial charge in [-0.05, 0) is 30.5 Å². The topological polar surface area (TPSA) is 35.2 Å². The maximum absolute atomic E-state index is 5.79. The van der Waals surface area contributed by atoms with Crippen LogP contribution in [0.5, 0.6) is 5.75 Å². The second-order valence-electron chi connectivity index (χ2n) is 4.79. The van der Waals surface area contributed by atoms with Crippen LogP contribution >= 0.6 is 0 Å². The molecule has 2 rings (SSSR count). The quantitative estimate of drug-likeness (QED) is 0.798. The first-order valence-electron chi connectivity index (χ1n) is 6.39. The first kappa shape index (κ1) is 12.0. The summed E-state index contributed by atoms with van der Waals surface area (Å²) >= 11 is 0. The molecule has 0 spiro atoms.